The van der Waals surface area contributed by atoms with Gasteiger partial charge in [-0.05, 0) is 67.4 Å². The zero-order valence-corrected chi connectivity index (χ0v) is 19.8. The minimum absolute atomic E-state index is 0.124. The summed E-state index contributed by atoms with van der Waals surface area (Å²) in [4.78, 5) is 17.3. The summed E-state index contributed by atoms with van der Waals surface area (Å²) >= 11 is 9.32. The van der Waals surface area contributed by atoms with Crippen LogP contribution in [0.1, 0.15) is 29.0 Å². The lowest BCUT2D eigenvalue weighted by atomic mass is 10.2. The second-order valence-electron chi connectivity index (χ2n) is 7.37. The fraction of sp³-hybridized carbons (Fsp3) is 0.200. The SMILES string of the molecule is O=C(NCc1nc2ccccc2n1CCCCOc1ccc(Cl)cc1)c1cccc(Br)c1. The highest BCUT2D eigenvalue weighted by Gasteiger charge is 2.12. The quantitative estimate of drug-likeness (QED) is 0.270. The van der Waals surface area contributed by atoms with Crippen molar-refractivity contribution in [1.82, 2.24) is 14.9 Å². The number of aromatic nitrogens is 2. The molecule has 0 aliphatic rings. The molecule has 7 heteroatoms. The fourth-order valence-electron chi connectivity index (χ4n) is 3.49. The molecular weight excluding hydrogens is 490 g/mol. The first kappa shape index (κ1) is 22.4. The Bertz CT molecular complexity index is 1210. The van der Waals surface area contributed by atoms with Crippen molar-refractivity contribution in [2.24, 2.45) is 0 Å². The molecule has 1 N–H and O–H groups in total. The molecular formula is C25H23BrClN3O2. The van der Waals surface area contributed by atoms with Gasteiger partial charge in [0.25, 0.3) is 5.91 Å². The third-order valence-corrected chi connectivity index (χ3v) is 5.83. The van der Waals surface area contributed by atoms with Crippen LogP contribution in [0, 0.1) is 0 Å². The molecule has 0 spiro atoms. The van der Waals surface area contributed by atoms with Crippen molar-refractivity contribution < 1.29 is 9.53 Å². The van der Waals surface area contributed by atoms with E-state index in [1.807, 2.05) is 54.6 Å². The van der Waals surface area contributed by atoms with E-state index in [1.165, 1.54) is 0 Å². The van der Waals surface area contributed by atoms with Crippen molar-refractivity contribution in [2.45, 2.75) is 25.9 Å². The summed E-state index contributed by atoms with van der Waals surface area (Å²) < 4.78 is 8.84. The third kappa shape index (κ3) is 5.69. The molecule has 0 bridgehead atoms. The van der Waals surface area contributed by atoms with Crippen LogP contribution in [0.2, 0.25) is 5.02 Å². The van der Waals surface area contributed by atoms with Gasteiger partial charge in [-0.15, -0.1) is 0 Å². The molecule has 1 aromatic heterocycles. The maximum Gasteiger partial charge on any atom is 0.251 e. The number of aryl methyl sites for hydroxylation is 1. The lowest BCUT2D eigenvalue weighted by Gasteiger charge is -2.11. The van der Waals surface area contributed by atoms with Crippen molar-refractivity contribution >= 4 is 44.5 Å². The highest BCUT2D eigenvalue weighted by atomic mass is 79.9. The Balaban J connectivity index is 1.37. The Hall–Kier alpha value is -2.83. The van der Waals surface area contributed by atoms with Crippen LogP contribution in [-0.4, -0.2) is 22.1 Å². The molecule has 0 aliphatic heterocycles. The van der Waals surface area contributed by atoms with E-state index in [9.17, 15) is 4.79 Å². The van der Waals surface area contributed by atoms with Gasteiger partial charge in [-0.3, -0.25) is 4.79 Å². The molecule has 0 atom stereocenters. The summed E-state index contributed by atoms with van der Waals surface area (Å²) in [6, 6.07) is 22.8. The molecule has 0 fully saturated rings. The number of unbranched alkanes of at least 4 members (excludes halogenated alkanes) is 1. The number of para-hydroxylation sites is 2. The number of rotatable bonds is 9. The van der Waals surface area contributed by atoms with Crippen molar-refractivity contribution in [1.29, 1.82) is 0 Å². The average Bonchev–Trinajstić information content (AvgIpc) is 3.16. The van der Waals surface area contributed by atoms with E-state index >= 15 is 0 Å². The van der Waals surface area contributed by atoms with Gasteiger partial charge in [0.2, 0.25) is 0 Å². The minimum atomic E-state index is -0.124. The first-order valence-corrected chi connectivity index (χ1v) is 11.6. The van der Waals surface area contributed by atoms with Crippen LogP contribution in [0.4, 0.5) is 0 Å². The van der Waals surface area contributed by atoms with Gasteiger partial charge in [-0.25, -0.2) is 4.98 Å². The molecule has 0 saturated carbocycles. The van der Waals surface area contributed by atoms with E-state index in [2.05, 4.69) is 31.9 Å². The number of hydrogen-bond donors (Lipinski definition) is 1. The van der Waals surface area contributed by atoms with E-state index in [0.29, 0.717) is 23.7 Å². The Morgan fingerprint density at radius 2 is 1.84 bits per heavy atom. The number of hydrogen-bond acceptors (Lipinski definition) is 3. The second kappa shape index (κ2) is 10.7. The topological polar surface area (TPSA) is 56.2 Å². The van der Waals surface area contributed by atoms with Crippen molar-refractivity contribution in [3.05, 3.63) is 93.7 Å². The number of benzene rings is 3. The first-order chi connectivity index (χ1) is 15.6. The van der Waals surface area contributed by atoms with Crippen LogP contribution in [-0.2, 0) is 13.1 Å². The molecule has 4 rings (SSSR count). The molecule has 3 aromatic carbocycles. The van der Waals surface area contributed by atoms with Gasteiger partial charge in [0, 0.05) is 21.6 Å². The largest absolute Gasteiger partial charge is 0.494 e. The van der Waals surface area contributed by atoms with Gasteiger partial charge in [0.1, 0.15) is 11.6 Å². The summed E-state index contributed by atoms with van der Waals surface area (Å²) in [5.74, 6) is 1.54. The number of halogens is 2. The van der Waals surface area contributed by atoms with Gasteiger partial charge in [0.05, 0.1) is 24.2 Å². The number of imidazole rings is 1. The highest BCUT2D eigenvalue weighted by Crippen LogP contribution is 2.19. The number of nitrogens with zero attached hydrogens (tertiary/aromatic N) is 2. The van der Waals surface area contributed by atoms with Crippen molar-refractivity contribution in [3.63, 3.8) is 0 Å². The number of amides is 1. The summed E-state index contributed by atoms with van der Waals surface area (Å²) in [7, 11) is 0. The van der Waals surface area contributed by atoms with E-state index in [-0.39, 0.29) is 5.91 Å². The number of nitrogens with one attached hydrogen (secondary N) is 1. The van der Waals surface area contributed by atoms with Crippen LogP contribution in [0.15, 0.2) is 77.3 Å². The molecule has 32 heavy (non-hydrogen) atoms. The lowest BCUT2D eigenvalue weighted by molar-refractivity contribution is 0.0949. The summed E-state index contributed by atoms with van der Waals surface area (Å²) in [6.07, 6.45) is 1.83. The molecule has 0 radical (unpaired) electrons. The predicted molar refractivity (Wildman–Crippen MR) is 131 cm³/mol. The standard InChI is InChI=1S/C25H23BrClN3O2/c26-19-7-5-6-18(16-19)25(31)28-17-24-29-22-8-1-2-9-23(22)30(24)14-3-4-15-32-21-12-10-20(27)11-13-21/h1-2,5-13,16H,3-4,14-15,17H2,(H,28,31). The molecule has 1 heterocycles. The molecule has 0 unspecified atom stereocenters. The smallest absolute Gasteiger partial charge is 0.251 e. The third-order valence-electron chi connectivity index (χ3n) is 5.09. The van der Waals surface area contributed by atoms with E-state index < -0.39 is 0 Å². The first-order valence-electron chi connectivity index (χ1n) is 10.5. The lowest BCUT2D eigenvalue weighted by Crippen LogP contribution is -2.24. The summed E-state index contributed by atoms with van der Waals surface area (Å²) in [6.45, 7) is 1.79. The van der Waals surface area contributed by atoms with Crippen LogP contribution < -0.4 is 10.1 Å². The van der Waals surface area contributed by atoms with Crippen molar-refractivity contribution in [2.75, 3.05) is 6.61 Å². The number of fused-ring (bicyclic) bond motifs is 1. The van der Waals surface area contributed by atoms with Gasteiger partial charge in [-0.2, -0.15) is 0 Å². The van der Waals surface area contributed by atoms with Crippen molar-refractivity contribution in [3.8, 4) is 5.75 Å². The number of ether oxygens (including phenoxy) is 1. The molecule has 1 amide bonds. The summed E-state index contributed by atoms with van der Waals surface area (Å²) in [5, 5.41) is 3.69. The van der Waals surface area contributed by atoms with E-state index in [4.69, 9.17) is 21.3 Å². The zero-order valence-electron chi connectivity index (χ0n) is 17.4. The van der Waals surface area contributed by atoms with Gasteiger partial charge >= 0.3 is 0 Å². The van der Waals surface area contributed by atoms with Crippen LogP contribution in [0.25, 0.3) is 11.0 Å². The molecule has 4 aromatic rings. The summed E-state index contributed by atoms with van der Waals surface area (Å²) in [5.41, 5.74) is 2.61. The van der Waals surface area contributed by atoms with Crippen LogP contribution in [0.3, 0.4) is 0 Å². The van der Waals surface area contributed by atoms with Crippen LogP contribution >= 0.6 is 27.5 Å². The second-order valence-corrected chi connectivity index (χ2v) is 8.72. The molecule has 164 valence electrons. The average molecular weight is 513 g/mol. The fourth-order valence-corrected chi connectivity index (χ4v) is 4.02. The van der Waals surface area contributed by atoms with E-state index in [1.54, 1.807) is 12.1 Å². The Morgan fingerprint density at radius 1 is 1.03 bits per heavy atom. The Morgan fingerprint density at radius 3 is 2.66 bits per heavy atom. The highest BCUT2D eigenvalue weighted by molar-refractivity contribution is 9.10. The minimum Gasteiger partial charge on any atom is -0.494 e. The zero-order chi connectivity index (χ0) is 22.3. The molecule has 0 aliphatic carbocycles. The number of carbonyl (C=O) groups excluding carboxylic acids is 1. The Labute approximate surface area is 200 Å². The monoisotopic (exact) mass is 511 g/mol. The molecule has 5 nitrogen and oxygen atoms in total. The van der Waals surface area contributed by atoms with Gasteiger partial charge in [-0.1, -0.05) is 45.7 Å². The van der Waals surface area contributed by atoms with Gasteiger partial charge in [0.15, 0.2) is 0 Å². The number of carbonyl (C=O) groups is 1. The van der Waals surface area contributed by atoms with Crippen LogP contribution in [0.5, 0.6) is 5.75 Å². The maximum atomic E-state index is 12.6. The van der Waals surface area contributed by atoms with E-state index in [0.717, 1.165) is 46.5 Å². The normalized spacial score (nSPS) is 10.9. The Kier molecular flexibility index (Phi) is 7.45. The molecule has 0 saturated heterocycles. The van der Waals surface area contributed by atoms with Gasteiger partial charge < -0.3 is 14.6 Å². The predicted octanol–water partition coefficient (Wildman–Crippen LogP) is 6.24. The maximum absolute atomic E-state index is 12.6.